The van der Waals surface area contributed by atoms with Crippen molar-refractivity contribution in [3.63, 3.8) is 0 Å². The molecule has 5 nitrogen and oxygen atoms in total. The van der Waals surface area contributed by atoms with Crippen molar-refractivity contribution in [2.75, 3.05) is 0 Å². The van der Waals surface area contributed by atoms with E-state index in [1.807, 2.05) is 43.3 Å². The van der Waals surface area contributed by atoms with Gasteiger partial charge in [0.1, 0.15) is 0 Å². The quantitative estimate of drug-likeness (QED) is 0.123. The van der Waals surface area contributed by atoms with Gasteiger partial charge >= 0.3 is 0 Å². The molecule has 4 aromatic heterocycles. The molecule has 7 heteroatoms. The molecule has 0 aliphatic carbocycles. The molecule has 0 aliphatic rings. The summed E-state index contributed by atoms with van der Waals surface area (Å²) in [6.45, 7) is 20.3. The summed E-state index contributed by atoms with van der Waals surface area (Å²) < 4.78 is 8.69. The molecule has 0 saturated heterocycles. The van der Waals surface area contributed by atoms with E-state index in [0.29, 0.717) is 5.71 Å². The first kappa shape index (κ1) is 41.7. The van der Waals surface area contributed by atoms with Crippen molar-refractivity contribution in [2.45, 2.75) is 67.6 Å². The largest absolute Gasteiger partial charge is 0.486 e. The van der Waals surface area contributed by atoms with E-state index in [1.54, 1.807) is 0 Å². The molecule has 9 rings (SSSR count). The maximum absolute atomic E-state index is 6.46. The van der Waals surface area contributed by atoms with E-state index in [0.717, 1.165) is 90.1 Å². The van der Waals surface area contributed by atoms with Crippen LogP contribution in [0.3, 0.4) is 0 Å². The molecule has 0 saturated carbocycles. The number of furan rings is 1. The minimum Gasteiger partial charge on any atom is -0.486 e. The number of hydrogen-bond donors (Lipinski definition) is 0. The summed E-state index contributed by atoms with van der Waals surface area (Å²) in [5.41, 5.74) is 14.6. The predicted molar refractivity (Wildman–Crippen MR) is 245 cm³/mol. The molecule has 59 heavy (non-hydrogen) atoms. The monoisotopic (exact) mass is 967 g/mol. The van der Waals surface area contributed by atoms with E-state index in [2.05, 4.69) is 162 Å². The second kappa shape index (κ2) is 16.7. The topological polar surface area (TPSA) is 56.7 Å². The van der Waals surface area contributed by atoms with Gasteiger partial charge in [0.05, 0.1) is 30.5 Å². The summed E-state index contributed by atoms with van der Waals surface area (Å²) in [6, 6.07) is 48.5. The second-order valence-electron chi connectivity index (χ2n) is 17.5. The van der Waals surface area contributed by atoms with Crippen LogP contribution >= 0.6 is 0 Å². The summed E-state index contributed by atoms with van der Waals surface area (Å²) in [4.78, 5) is 14.6. The number of fused-ring (bicyclic) bond motifs is 4. The third kappa shape index (κ3) is 8.51. The van der Waals surface area contributed by atoms with Crippen LogP contribution in [0.5, 0.6) is 0 Å². The minimum atomic E-state index is -1.37. The standard InChI is InChI=1S/C33H24N3O.C19H26NSi.Ir/c1-20-17-18-25(31-30(20)26-19-21(2)22(3)34-33(26)37-31)32-35-27-14-8-10-16-29(27)36(32)28-15-9-7-13-24(28)23-11-5-4-6-12-23;1-19(2,3)13-16-12-17(15-10-8-7-9-11-15)20-14-18(16)21(4,5)6;/h4-17,19H,1-3H3;7-10,12,14H,13H2,1-6H3;/q2*-1;. The van der Waals surface area contributed by atoms with Gasteiger partial charge in [-0.15, -0.1) is 53.6 Å². The summed E-state index contributed by atoms with van der Waals surface area (Å²) >= 11 is 0. The van der Waals surface area contributed by atoms with E-state index in [9.17, 15) is 0 Å². The van der Waals surface area contributed by atoms with Gasteiger partial charge in [-0.25, -0.2) is 4.98 Å². The maximum atomic E-state index is 6.46. The van der Waals surface area contributed by atoms with Gasteiger partial charge in [0.25, 0.3) is 0 Å². The number of imidazole rings is 1. The molecular weight excluding hydrogens is 917 g/mol. The number of pyridine rings is 2. The smallest absolute Gasteiger partial charge is 0.216 e. The minimum absolute atomic E-state index is 0. The van der Waals surface area contributed by atoms with Gasteiger partial charge in [-0.05, 0) is 72.0 Å². The van der Waals surface area contributed by atoms with Gasteiger partial charge in [0, 0.05) is 48.6 Å². The fraction of sp³-hybridized carbons (Fsp3) is 0.212. The average Bonchev–Trinajstić information content (AvgIpc) is 3.77. The normalized spacial score (nSPS) is 11.7. The van der Waals surface area contributed by atoms with Crippen LogP contribution in [0.25, 0.3) is 72.6 Å². The predicted octanol–water partition coefficient (Wildman–Crippen LogP) is 13.1. The van der Waals surface area contributed by atoms with Gasteiger partial charge in [0.15, 0.2) is 0 Å². The van der Waals surface area contributed by atoms with E-state index < -0.39 is 8.07 Å². The Labute approximate surface area is 363 Å². The number of rotatable bonds is 6. The number of aromatic nitrogens is 4. The van der Waals surface area contributed by atoms with Crippen molar-refractivity contribution in [3.8, 4) is 39.5 Å². The second-order valence-corrected chi connectivity index (χ2v) is 22.6. The Morgan fingerprint density at radius 1 is 0.763 bits per heavy atom. The third-order valence-corrected chi connectivity index (χ3v) is 12.8. The average molecular weight is 967 g/mol. The van der Waals surface area contributed by atoms with Gasteiger partial charge < -0.3 is 14.0 Å². The van der Waals surface area contributed by atoms with Crippen molar-refractivity contribution >= 4 is 46.4 Å². The molecule has 0 N–H and O–H groups in total. The first-order chi connectivity index (χ1) is 27.8. The fourth-order valence-corrected chi connectivity index (χ4v) is 9.40. The van der Waals surface area contributed by atoms with Gasteiger partial charge in [0.2, 0.25) is 5.71 Å². The third-order valence-electron chi connectivity index (χ3n) is 10.7. The zero-order valence-electron chi connectivity index (χ0n) is 35.4. The zero-order chi connectivity index (χ0) is 40.8. The van der Waals surface area contributed by atoms with E-state index in [1.165, 1.54) is 10.8 Å². The Balaban J connectivity index is 0.000000206. The summed E-state index contributed by atoms with van der Waals surface area (Å²) in [5, 5.41) is 3.57. The molecule has 5 aromatic carbocycles. The maximum Gasteiger partial charge on any atom is 0.216 e. The molecule has 0 amide bonds. The van der Waals surface area contributed by atoms with Crippen LogP contribution in [0.4, 0.5) is 0 Å². The molecular formula is C52H50IrN4OSi-2. The molecule has 0 spiro atoms. The Kier molecular flexibility index (Phi) is 11.8. The van der Waals surface area contributed by atoms with Gasteiger partial charge in [-0.2, -0.15) is 0 Å². The molecule has 0 unspecified atom stereocenters. The molecule has 0 fully saturated rings. The molecule has 0 aliphatic heterocycles. The molecule has 0 bridgehead atoms. The molecule has 299 valence electrons. The van der Waals surface area contributed by atoms with E-state index >= 15 is 0 Å². The molecule has 9 aromatic rings. The van der Waals surface area contributed by atoms with E-state index in [-0.39, 0.29) is 25.5 Å². The number of hydrogen-bond acceptors (Lipinski definition) is 4. The number of para-hydroxylation sites is 3. The molecule has 1 radical (unpaired) electrons. The van der Waals surface area contributed by atoms with Gasteiger partial charge in [-0.1, -0.05) is 131 Å². The Bertz CT molecular complexity index is 2920. The molecule has 0 atom stereocenters. The van der Waals surface area contributed by atoms with Crippen LogP contribution in [-0.4, -0.2) is 27.6 Å². The zero-order valence-corrected chi connectivity index (χ0v) is 38.8. The van der Waals surface area contributed by atoms with Crippen LogP contribution in [0.15, 0.2) is 132 Å². The van der Waals surface area contributed by atoms with E-state index in [4.69, 9.17) is 19.4 Å². The SMILES string of the molecule is CC(C)(C)Cc1cc(-c2[c-]cccc2)ncc1[Si](C)(C)C.Cc1cc2c(nc1C)oc1c(-c3nc4ccccc4n3-c3ccccc3-c3ccccc3)[c-]cc(C)c12.[Ir]. The Morgan fingerprint density at radius 2 is 1.47 bits per heavy atom. The Morgan fingerprint density at radius 3 is 2.20 bits per heavy atom. The van der Waals surface area contributed by atoms with Crippen molar-refractivity contribution in [3.05, 3.63) is 162 Å². The van der Waals surface area contributed by atoms with Gasteiger partial charge in [-0.3, -0.25) is 4.98 Å². The first-order valence-electron chi connectivity index (χ1n) is 20.1. The van der Waals surface area contributed by atoms with Crippen LogP contribution in [0.1, 0.15) is 43.2 Å². The summed E-state index contributed by atoms with van der Waals surface area (Å²) in [7, 11) is -1.37. The summed E-state index contributed by atoms with van der Waals surface area (Å²) in [5.74, 6) is 0.794. The van der Waals surface area contributed by atoms with Crippen molar-refractivity contribution in [1.29, 1.82) is 0 Å². The fourth-order valence-electron chi connectivity index (χ4n) is 7.82. The van der Waals surface area contributed by atoms with Crippen LogP contribution in [0.2, 0.25) is 19.6 Å². The Hall–Kier alpha value is -5.46. The number of aryl methyl sites for hydroxylation is 3. The van der Waals surface area contributed by atoms with Crippen LogP contribution < -0.4 is 5.19 Å². The van der Waals surface area contributed by atoms with Crippen molar-refractivity contribution in [2.24, 2.45) is 5.41 Å². The van der Waals surface area contributed by atoms with Crippen molar-refractivity contribution < 1.29 is 24.5 Å². The summed E-state index contributed by atoms with van der Waals surface area (Å²) in [6.07, 6.45) is 3.21. The van der Waals surface area contributed by atoms with Crippen LogP contribution in [0, 0.1) is 38.3 Å². The first-order valence-corrected chi connectivity index (χ1v) is 23.6. The number of nitrogens with zero attached hydrogens (tertiary/aromatic N) is 4. The van der Waals surface area contributed by atoms with Crippen molar-refractivity contribution in [1.82, 2.24) is 19.5 Å². The van der Waals surface area contributed by atoms with Crippen LogP contribution in [-0.2, 0) is 26.5 Å². The number of benzene rings is 5. The molecule has 4 heterocycles.